The molecule has 3 N–H and O–H groups in total. The fourth-order valence-corrected chi connectivity index (χ4v) is 5.20. The highest BCUT2D eigenvalue weighted by molar-refractivity contribution is 5.98. The number of piperazine rings is 1. The molecule has 5 rings (SSSR count). The zero-order chi connectivity index (χ0) is 27.7. The van der Waals surface area contributed by atoms with Gasteiger partial charge in [0.1, 0.15) is 5.82 Å². The van der Waals surface area contributed by atoms with E-state index >= 15 is 0 Å². The summed E-state index contributed by atoms with van der Waals surface area (Å²) in [5.41, 5.74) is 2.76. The SMILES string of the molecule is CN1CCN(c2ccc(-c3cc(CNC4CC4)ccc3F)cc2NC(=O)C2CNC(=O)CC2C(F)(F)F)CC1. The predicted octanol–water partition coefficient (Wildman–Crippen LogP) is 3.75. The number of halogens is 4. The van der Waals surface area contributed by atoms with Crippen molar-refractivity contribution < 1.29 is 27.2 Å². The number of carbonyl (C=O) groups is 2. The number of nitrogens with one attached hydrogen (secondary N) is 3. The molecule has 3 fully saturated rings. The third-order valence-electron chi connectivity index (χ3n) is 7.78. The first kappa shape index (κ1) is 27.4. The molecule has 0 aromatic heterocycles. The van der Waals surface area contributed by atoms with Crippen LogP contribution in [0.15, 0.2) is 36.4 Å². The van der Waals surface area contributed by atoms with Gasteiger partial charge in [0.2, 0.25) is 11.8 Å². The summed E-state index contributed by atoms with van der Waals surface area (Å²) in [6.45, 7) is 3.10. The zero-order valence-electron chi connectivity index (χ0n) is 21.8. The Morgan fingerprint density at radius 1 is 1.08 bits per heavy atom. The number of hydrogen-bond acceptors (Lipinski definition) is 5. The molecule has 2 saturated heterocycles. The average Bonchev–Trinajstić information content (AvgIpc) is 3.73. The van der Waals surface area contributed by atoms with Gasteiger partial charge in [0, 0.05) is 57.3 Å². The van der Waals surface area contributed by atoms with Crippen molar-refractivity contribution in [1.82, 2.24) is 15.5 Å². The van der Waals surface area contributed by atoms with E-state index in [9.17, 15) is 27.2 Å². The van der Waals surface area contributed by atoms with Crippen LogP contribution in [0.1, 0.15) is 24.8 Å². The number of anilines is 2. The van der Waals surface area contributed by atoms with Gasteiger partial charge in [-0.2, -0.15) is 13.2 Å². The molecule has 2 heterocycles. The van der Waals surface area contributed by atoms with E-state index < -0.39 is 48.6 Å². The maximum Gasteiger partial charge on any atom is 0.393 e. The Morgan fingerprint density at radius 2 is 1.82 bits per heavy atom. The van der Waals surface area contributed by atoms with Crippen LogP contribution in [0, 0.1) is 17.7 Å². The largest absolute Gasteiger partial charge is 0.393 e. The number of likely N-dealkylation sites (N-methyl/N-ethyl adjacent to an activating group) is 1. The molecule has 210 valence electrons. The molecule has 2 aliphatic heterocycles. The molecule has 0 bridgehead atoms. The van der Waals surface area contributed by atoms with Crippen LogP contribution in [-0.4, -0.2) is 68.7 Å². The highest BCUT2D eigenvalue weighted by atomic mass is 19.4. The Bertz CT molecular complexity index is 1220. The number of rotatable bonds is 7. The van der Waals surface area contributed by atoms with Gasteiger partial charge in [-0.25, -0.2) is 4.39 Å². The molecule has 1 aliphatic carbocycles. The third kappa shape index (κ3) is 6.52. The van der Waals surface area contributed by atoms with Crippen LogP contribution >= 0.6 is 0 Å². The minimum absolute atomic E-state index is 0.320. The van der Waals surface area contributed by atoms with Gasteiger partial charge in [-0.3, -0.25) is 9.59 Å². The predicted molar refractivity (Wildman–Crippen MR) is 141 cm³/mol. The van der Waals surface area contributed by atoms with Crippen LogP contribution in [0.3, 0.4) is 0 Å². The van der Waals surface area contributed by atoms with E-state index in [-0.39, 0.29) is 0 Å². The smallest absolute Gasteiger partial charge is 0.367 e. The van der Waals surface area contributed by atoms with Gasteiger partial charge < -0.3 is 25.8 Å². The molecular formula is C28H33F4N5O2. The van der Waals surface area contributed by atoms with Gasteiger partial charge in [-0.1, -0.05) is 12.1 Å². The van der Waals surface area contributed by atoms with Crippen LogP contribution < -0.4 is 20.9 Å². The first-order chi connectivity index (χ1) is 18.6. The Morgan fingerprint density at radius 3 is 2.51 bits per heavy atom. The van der Waals surface area contributed by atoms with Crippen LogP contribution in [0.4, 0.5) is 28.9 Å². The maximum atomic E-state index is 15.0. The summed E-state index contributed by atoms with van der Waals surface area (Å²) >= 11 is 0. The first-order valence-corrected chi connectivity index (χ1v) is 13.3. The second-order valence-corrected chi connectivity index (χ2v) is 10.7. The second-order valence-electron chi connectivity index (χ2n) is 10.7. The Balaban J connectivity index is 1.46. The van der Waals surface area contributed by atoms with E-state index in [2.05, 4.69) is 25.8 Å². The van der Waals surface area contributed by atoms with Gasteiger partial charge in [0.25, 0.3) is 0 Å². The van der Waals surface area contributed by atoms with Gasteiger partial charge in [-0.15, -0.1) is 0 Å². The fraction of sp³-hybridized carbons (Fsp3) is 0.500. The van der Waals surface area contributed by atoms with E-state index in [4.69, 9.17) is 0 Å². The molecule has 0 spiro atoms. The molecule has 7 nitrogen and oxygen atoms in total. The van der Waals surface area contributed by atoms with Crippen molar-refractivity contribution in [3.63, 3.8) is 0 Å². The fourth-order valence-electron chi connectivity index (χ4n) is 5.20. The van der Waals surface area contributed by atoms with Gasteiger partial charge in [-0.05, 0) is 55.3 Å². The van der Waals surface area contributed by atoms with Gasteiger partial charge in [0.05, 0.1) is 23.2 Å². The lowest BCUT2D eigenvalue weighted by molar-refractivity contribution is -0.197. The molecule has 3 aliphatic rings. The van der Waals surface area contributed by atoms with Crippen molar-refractivity contribution in [2.24, 2.45) is 11.8 Å². The lowest BCUT2D eigenvalue weighted by Crippen LogP contribution is -2.50. The third-order valence-corrected chi connectivity index (χ3v) is 7.78. The zero-order valence-corrected chi connectivity index (χ0v) is 21.8. The van der Waals surface area contributed by atoms with E-state index in [1.165, 1.54) is 6.07 Å². The summed E-state index contributed by atoms with van der Waals surface area (Å²) in [5, 5.41) is 8.51. The van der Waals surface area contributed by atoms with Crippen molar-refractivity contribution in [3.05, 3.63) is 47.8 Å². The van der Waals surface area contributed by atoms with Crippen molar-refractivity contribution in [2.75, 3.05) is 50.0 Å². The molecule has 2 amide bonds. The molecule has 39 heavy (non-hydrogen) atoms. The van der Waals surface area contributed by atoms with Crippen molar-refractivity contribution in [3.8, 4) is 11.1 Å². The van der Waals surface area contributed by atoms with Crippen molar-refractivity contribution in [1.29, 1.82) is 0 Å². The molecule has 0 radical (unpaired) electrons. The summed E-state index contributed by atoms with van der Waals surface area (Å²) in [5.74, 6) is -5.53. The average molecular weight is 548 g/mol. The van der Waals surface area contributed by atoms with Gasteiger partial charge in [0.15, 0.2) is 0 Å². The number of alkyl halides is 3. The lowest BCUT2D eigenvalue weighted by atomic mass is 9.84. The number of nitrogens with zero attached hydrogens (tertiary/aromatic N) is 2. The van der Waals surface area contributed by atoms with Crippen LogP contribution in [0.5, 0.6) is 0 Å². The Hall–Kier alpha value is -3.18. The summed E-state index contributed by atoms with van der Waals surface area (Å²) < 4.78 is 56.2. The number of piperidine rings is 1. The Labute approximate surface area is 224 Å². The minimum atomic E-state index is -4.69. The second kappa shape index (κ2) is 11.1. The first-order valence-electron chi connectivity index (χ1n) is 13.3. The number of hydrogen-bond donors (Lipinski definition) is 3. The highest BCUT2D eigenvalue weighted by Gasteiger charge is 2.50. The van der Waals surface area contributed by atoms with Crippen molar-refractivity contribution >= 4 is 23.2 Å². The van der Waals surface area contributed by atoms with E-state index in [0.29, 0.717) is 48.2 Å². The summed E-state index contributed by atoms with van der Waals surface area (Å²) in [6.07, 6.45) is -3.23. The monoisotopic (exact) mass is 547 g/mol. The summed E-state index contributed by atoms with van der Waals surface area (Å²) in [7, 11) is 2.01. The maximum absolute atomic E-state index is 15.0. The number of benzene rings is 2. The van der Waals surface area contributed by atoms with Crippen LogP contribution in [0.25, 0.3) is 11.1 Å². The molecular weight excluding hydrogens is 514 g/mol. The standard InChI is InChI=1S/C28H33F4N5O2/c1-36-8-10-37(11-9-36)25-7-3-18(20-12-17(2-6-23(20)29)15-33-19-4-5-19)13-24(25)35-27(39)21-16-34-26(38)14-22(21)28(30,31)32/h2-3,6-7,12-13,19,21-22,33H,4-5,8-11,14-16H2,1H3,(H,34,38)(H,35,39). The van der Waals surface area contributed by atoms with Crippen LogP contribution in [0.2, 0.25) is 0 Å². The number of amides is 2. The normalized spacial score (nSPS) is 22.5. The van der Waals surface area contributed by atoms with E-state index in [1.807, 2.05) is 7.05 Å². The topological polar surface area (TPSA) is 76.7 Å². The molecule has 2 atom stereocenters. The summed E-state index contributed by atoms with van der Waals surface area (Å²) in [6, 6.07) is 10.6. The quantitative estimate of drug-likeness (QED) is 0.461. The van der Waals surface area contributed by atoms with Gasteiger partial charge >= 0.3 is 6.18 Å². The highest BCUT2D eigenvalue weighted by Crippen LogP contribution is 2.39. The molecule has 2 aromatic carbocycles. The molecule has 2 unspecified atom stereocenters. The van der Waals surface area contributed by atoms with Crippen molar-refractivity contribution in [2.45, 2.75) is 38.0 Å². The van der Waals surface area contributed by atoms with E-state index in [1.54, 1.807) is 30.3 Å². The number of carbonyl (C=O) groups excluding carboxylic acids is 2. The summed E-state index contributed by atoms with van der Waals surface area (Å²) in [4.78, 5) is 29.2. The minimum Gasteiger partial charge on any atom is -0.367 e. The lowest BCUT2D eigenvalue weighted by Gasteiger charge is -2.36. The molecule has 1 saturated carbocycles. The van der Waals surface area contributed by atoms with E-state index in [0.717, 1.165) is 31.5 Å². The molecule has 2 aromatic rings. The molecule has 11 heteroatoms. The van der Waals surface area contributed by atoms with Crippen LogP contribution in [-0.2, 0) is 16.1 Å². The Kier molecular flexibility index (Phi) is 7.82.